The zero-order valence-electron chi connectivity index (χ0n) is 11.9. The average molecular weight is 289 g/mol. The lowest BCUT2D eigenvalue weighted by Gasteiger charge is -2.30. The third-order valence-corrected chi connectivity index (χ3v) is 4.01. The molecule has 0 aromatic carbocycles. The lowest BCUT2D eigenvalue weighted by Crippen LogP contribution is -2.46. The number of amides is 1. The number of fused-ring (bicyclic) bond motifs is 2. The monoisotopic (exact) mass is 289 g/mol. The number of aromatic nitrogens is 2. The topological polar surface area (TPSA) is 64.6 Å². The van der Waals surface area contributed by atoms with Crippen LogP contribution in [0.5, 0.6) is 0 Å². The maximum Gasteiger partial charge on any atom is 0.274 e. The van der Waals surface area contributed by atoms with Crippen molar-refractivity contribution >= 4 is 5.91 Å². The van der Waals surface area contributed by atoms with Crippen LogP contribution in [0.15, 0.2) is 31.2 Å². The Morgan fingerprint density at radius 1 is 1.52 bits per heavy atom. The van der Waals surface area contributed by atoms with Crippen LogP contribution in [-0.2, 0) is 9.47 Å². The molecule has 3 atom stereocenters. The van der Waals surface area contributed by atoms with Gasteiger partial charge in [-0.3, -0.25) is 9.78 Å². The van der Waals surface area contributed by atoms with Gasteiger partial charge in [0, 0.05) is 18.9 Å². The summed E-state index contributed by atoms with van der Waals surface area (Å²) in [6.07, 6.45) is 8.09. The Balaban J connectivity index is 1.81. The predicted octanol–water partition coefficient (Wildman–Crippen LogP) is 1.05. The van der Waals surface area contributed by atoms with Crippen molar-refractivity contribution in [3.05, 3.63) is 36.9 Å². The third-order valence-electron chi connectivity index (χ3n) is 4.01. The van der Waals surface area contributed by atoms with E-state index in [2.05, 4.69) is 16.5 Å². The van der Waals surface area contributed by atoms with Crippen LogP contribution in [0.4, 0.5) is 0 Å². The first kappa shape index (κ1) is 14.2. The number of carbonyl (C=O) groups is 1. The Bertz CT molecular complexity index is 508. The molecule has 21 heavy (non-hydrogen) atoms. The zero-order valence-corrected chi connectivity index (χ0v) is 11.9. The smallest absolute Gasteiger partial charge is 0.274 e. The second-order valence-corrected chi connectivity index (χ2v) is 5.23. The van der Waals surface area contributed by atoms with Crippen LogP contribution in [0, 0.1) is 0 Å². The van der Waals surface area contributed by atoms with Crippen LogP contribution in [0.1, 0.15) is 23.3 Å². The van der Waals surface area contributed by atoms with E-state index in [0.29, 0.717) is 25.5 Å². The maximum atomic E-state index is 12.7. The van der Waals surface area contributed by atoms with E-state index in [9.17, 15) is 4.79 Å². The van der Waals surface area contributed by atoms with Gasteiger partial charge in [0.15, 0.2) is 0 Å². The van der Waals surface area contributed by atoms with Crippen LogP contribution >= 0.6 is 0 Å². The van der Waals surface area contributed by atoms with Gasteiger partial charge >= 0.3 is 0 Å². The van der Waals surface area contributed by atoms with Gasteiger partial charge in [0.2, 0.25) is 0 Å². The molecular weight excluding hydrogens is 270 g/mol. The van der Waals surface area contributed by atoms with E-state index in [1.165, 1.54) is 12.4 Å². The summed E-state index contributed by atoms with van der Waals surface area (Å²) < 4.78 is 11.7. The summed E-state index contributed by atoms with van der Waals surface area (Å²) in [5, 5.41) is 0. The van der Waals surface area contributed by atoms with Crippen molar-refractivity contribution in [1.82, 2.24) is 14.9 Å². The molecule has 0 spiro atoms. The van der Waals surface area contributed by atoms with E-state index in [-0.39, 0.29) is 24.2 Å². The molecule has 6 heteroatoms. The van der Waals surface area contributed by atoms with Gasteiger partial charge in [-0.25, -0.2) is 4.98 Å². The van der Waals surface area contributed by atoms with Crippen LogP contribution in [0.25, 0.3) is 0 Å². The standard InChI is InChI=1S/C15H19N3O3/c1-2-8-21-14-12-3-4-13(14)20-9-7-18(12)15(19)11-10-16-5-6-17-11/h2,5-6,10,12-14H,1,3-4,7-9H2/t12-,13-,14+/m1/s1. The summed E-state index contributed by atoms with van der Waals surface area (Å²) in [6, 6.07) is 0.0342. The first-order valence-electron chi connectivity index (χ1n) is 7.22. The highest BCUT2D eigenvalue weighted by molar-refractivity contribution is 5.92. The van der Waals surface area contributed by atoms with E-state index in [0.717, 1.165) is 12.8 Å². The molecule has 0 unspecified atom stereocenters. The predicted molar refractivity (Wildman–Crippen MR) is 75.8 cm³/mol. The van der Waals surface area contributed by atoms with Gasteiger partial charge in [-0.05, 0) is 12.8 Å². The molecule has 2 aliphatic rings. The van der Waals surface area contributed by atoms with Crippen molar-refractivity contribution in [2.45, 2.75) is 31.1 Å². The van der Waals surface area contributed by atoms with Crippen molar-refractivity contribution in [3.63, 3.8) is 0 Å². The highest BCUT2D eigenvalue weighted by Crippen LogP contribution is 2.32. The molecular formula is C15H19N3O3. The molecule has 1 aromatic heterocycles. The second kappa shape index (κ2) is 6.32. The number of rotatable bonds is 4. The SMILES string of the molecule is C=CCO[C@H]1[C@H]2CC[C@H]1OCCN2C(=O)c1cnccn1. The first-order valence-corrected chi connectivity index (χ1v) is 7.22. The normalized spacial score (nSPS) is 28.2. The molecule has 0 N–H and O–H groups in total. The van der Waals surface area contributed by atoms with Crippen LogP contribution in [0.2, 0.25) is 0 Å². The largest absolute Gasteiger partial charge is 0.374 e. The Morgan fingerprint density at radius 3 is 3.19 bits per heavy atom. The van der Waals surface area contributed by atoms with Gasteiger partial charge in [-0.1, -0.05) is 6.08 Å². The lowest BCUT2D eigenvalue weighted by atomic mass is 10.1. The maximum absolute atomic E-state index is 12.7. The zero-order chi connectivity index (χ0) is 14.7. The Morgan fingerprint density at radius 2 is 2.43 bits per heavy atom. The summed E-state index contributed by atoms with van der Waals surface area (Å²) in [5.74, 6) is -0.105. The Kier molecular flexibility index (Phi) is 4.26. The lowest BCUT2D eigenvalue weighted by molar-refractivity contribution is -0.0434. The van der Waals surface area contributed by atoms with Gasteiger partial charge < -0.3 is 14.4 Å². The number of hydrogen-bond acceptors (Lipinski definition) is 5. The molecule has 0 radical (unpaired) electrons. The molecule has 1 amide bonds. The number of ether oxygens (including phenoxy) is 2. The van der Waals surface area contributed by atoms with Crippen molar-refractivity contribution in [2.24, 2.45) is 0 Å². The van der Waals surface area contributed by atoms with Gasteiger partial charge in [0.1, 0.15) is 11.8 Å². The summed E-state index contributed by atoms with van der Waals surface area (Å²) in [5.41, 5.74) is 0.366. The summed E-state index contributed by atoms with van der Waals surface area (Å²) in [7, 11) is 0. The molecule has 1 saturated heterocycles. The average Bonchev–Trinajstić information content (AvgIpc) is 2.81. The minimum Gasteiger partial charge on any atom is -0.374 e. The summed E-state index contributed by atoms with van der Waals surface area (Å²) in [4.78, 5) is 22.5. The number of hydrogen-bond donors (Lipinski definition) is 0. The summed E-state index contributed by atoms with van der Waals surface area (Å²) in [6.45, 7) is 5.23. The molecule has 1 aromatic rings. The molecule has 1 aliphatic carbocycles. The van der Waals surface area contributed by atoms with E-state index >= 15 is 0 Å². The van der Waals surface area contributed by atoms with Crippen LogP contribution < -0.4 is 0 Å². The van der Waals surface area contributed by atoms with E-state index < -0.39 is 0 Å². The van der Waals surface area contributed by atoms with Gasteiger partial charge in [0.25, 0.3) is 5.91 Å². The fraction of sp³-hybridized carbons (Fsp3) is 0.533. The van der Waals surface area contributed by atoms with Crippen molar-refractivity contribution in [2.75, 3.05) is 19.8 Å². The highest BCUT2D eigenvalue weighted by atomic mass is 16.5. The molecule has 112 valence electrons. The summed E-state index contributed by atoms with van der Waals surface area (Å²) >= 11 is 0. The molecule has 2 bridgehead atoms. The molecule has 1 saturated carbocycles. The third kappa shape index (κ3) is 2.82. The highest BCUT2D eigenvalue weighted by Gasteiger charge is 2.44. The molecule has 2 heterocycles. The van der Waals surface area contributed by atoms with Gasteiger partial charge in [0.05, 0.1) is 31.6 Å². The molecule has 1 aliphatic heterocycles. The molecule has 6 nitrogen and oxygen atoms in total. The van der Waals surface area contributed by atoms with Crippen LogP contribution in [-0.4, -0.2) is 58.8 Å². The minimum atomic E-state index is -0.105. The first-order chi connectivity index (χ1) is 10.3. The Hall–Kier alpha value is -1.79. The van der Waals surface area contributed by atoms with Crippen molar-refractivity contribution in [1.29, 1.82) is 0 Å². The number of carbonyl (C=O) groups excluding carboxylic acids is 1. The number of nitrogens with zero attached hydrogens (tertiary/aromatic N) is 3. The van der Waals surface area contributed by atoms with E-state index in [4.69, 9.17) is 9.47 Å². The Labute approximate surface area is 123 Å². The van der Waals surface area contributed by atoms with E-state index in [1.54, 1.807) is 12.3 Å². The molecule has 3 rings (SSSR count). The minimum absolute atomic E-state index is 0.0342. The van der Waals surface area contributed by atoms with Crippen molar-refractivity contribution in [3.8, 4) is 0 Å². The van der Waals surface area contributed by atoms with Gasteiger partial charge in [-0.2, -0.15) is 0 Å². The van der Waals surface area contributed by atoms with Gasteiger partial charge in [-0.15, -0.1) is 6.58 Å². The van der Waals surface area contributed by atoms with E-state index in [1.807, 2.05) is 4.90 Å². The van der Waals surface area contributed by atoms with Crippen molar-refractivity contribution < 1.29 is 14.3 Å². The fourth-order valence-corrected chi connectivity index (χ4v) is 3.10. The quantitative estimate of drug-likeness (QED) is 0.775. The van der Waals surface area contributed by atoms with Crippen LogP contribution in [0.3, 0.4) is 0 Å². The fourth-order valence-electron chi connectivity index (χ4n) is 3.10. The second-order valence-electron chi connectivity index (χ2n) is 5.23. The molecule has 2 fully saturated rings.